The highest BCUT2D eigenvalue weighted by Gasteiger charge is 2.14. The molecule has 2 N–H and O–H groups in total. The zero-order valence-corrected chi connectivity index (χ0v) is 14.0. The van der Waals surface area contributed by atoms with E-state index in [0.717, 1.165) is 5.56 Å². The topological polar surface area (TPSA) is 106 Å². The van der Waals surface area contributed by atoms with E-state index in [1.807, 2.05) is 18.2 Å². The Morgan fingerprint density at radius 2 is 2.00 bits per heavy atom. The average Bonchev–Trinajstić information content (AvgIpc) is 3.17. The minimum absolute atomic E-state index is 0. The minimum atomic E-state index is -0.320. The van der Waals surface area contributed by atoms with Crippen LogP contribution in [0.25, 0.3) is 11.3 Å². The van der Waals surface area contributed by atoms with Crippen molar-refractivity contribution in [3.63, 3.8) is 0 Å². The number of aromatic nitrogens is 3. The number of nitrogens with one attached hydrogen (secondary N) is 2. The molecule has 0 radical (unpaired) electrons. The van der Waals surface area contributed by atoms with Gasteiger partial charge in [-0.05, 0) is 30.3 Å². The van der Waals surface area contributed by atoms with Crippen LogP contribution in [0.15, 0.2) is 45.7 Å². The maximum atomic E-state index is 11.1. The average molecular weight is 393 g/mol. The van der Waals surface area contributed by atoms with Crippen molar-refractivity contribution >= 4 is 17.0 Å². The third kappa shape index (κ3) is 2.98. The zero-order chi connectivity index (χ0) is 15.8. The van der Waals surface area contributed by atoms with E-state index in [4.69, 9.17) is 19.4 Å². The monoisotopic (exact) mass is 392 g/mol. The zero-order valence-electron chi connectivity index (χ0n) is 12.3. The summed E-state index contributed by atoms with van der Waals surface area (Å²) in [4.78, 5) is 11.1. The number of halogens is 1. The van der Waals surface area contributed by atoms with Gasteiger partial charge in [-0.3, -0.25) is 10.2 Å². The lowest BCUT2D eigenvalue weighted by atomic mass is 10.1. The molecule has 24 heavy (non-hydrogen) atoms. The molecular formula is C15H13BrN4O4. The first-order valence-electron chi connectivity index (χ1n) is 6.89. The molecule has 2 aromatic heterocycles. The lowest BCUT2D eigenvalue weighted by Gasteiger charge is -2.07. The van der Waals surface area contributed by atoms with E-state index in [2.05, 4.69) is 10.3 Å². The largest absolute Gasteiger partial charge is 0.454 e. The molecule has 4 rings (SSSR count). The van der Waals surface area contributed by atoms with E-state index in [0.29, 0.717) is 23.0 Å². The number of H-pyrrole nitrogens is 1. The van der Waals surface area contributed by atoms with Crippen LogP contribution in [-0.2, 0) is 6.54 Å². The molecule has 0 spiro atoms. The van der Waals surface area contributed by atoms with Crippen molar-refractivity contribution in [1.29, 1.82) is 5.41 Å². The first kappa shape index (κ1) is 16.1. The SMILES string of the molecule is Br.N=c1ccc(-c2ccc3c(c2)OCO3)nn1Cc1cc(=O)[nH]o1. The molecule has 0 unspecified atom stereocenters. The third-order valence-corrected chi connectivity index (χ3v) is 3.45. The Kier molecular flexibility index (Phi) is 4.26. The molecule has 0 aliphatic carbocycles. The number of fused-ring (bicyclic) bond motifs is 1. The number of hydrogen-bond donors (Lipinski definition) is 2. The standard InChI is InChI=1S/C15H12N4O4.BrH/c16-14-4-2-11(9-1-3-12-13(5-9)22-8-21-12)17-19(14)7-10-6-15(20)18-23-10;/h1-6,16H,7-8H2,(H,18,20);1H. The highest BCUT2D eigenvalue weighted by atomic mass is 79.9. The molecule has 0 fully saturated rings. The normalized spacial score (nSPS) is 12.0. The molecule has 124 valence electrons. The molecule has 0 saturated heterocycles. The van der Waals surface area contributed by atoms with E-state index in [9.17, 15) is 4.79 Å². The van der Waals surface area contributed by atoms with Gasteiger partial charge in [-0.25, -0.2) is 4.68 Å². The lowest BCUT2D eigenvalue weighted by Crippen LogP contribution is -2.22. The summed E-state index contributed by atoms with van der Waals surface area (Å²) in [6, 6.07) is 10.3. The summed E-state index contributed by atoms with van der Waals surface area (Å²) in [6.07, 6.45) is 0. The fourth-order valence-electron chi connectivity index (χ4n) is 2.34. The Balaban J connectivity index is 0.00000169. The summed E-state index contributed by atoms with van der Waals surface area (Å²) in [7, 11) is 0. The maximum Gasteiger partial charge on any atom is 0.280 e. The van der Waals surface area contributed by atoms with Crippen molar-refractivity contribution in [1.82, 2.24) is 14.9 Å². The molecule has 1 aliphatic rings. The first-order valence-corrected chi connectivity index (χ1v) is 6.89. The van der Waals surface area contributed by atoms with Gasteiger partial charge in [0.25, 0.3) is 5.56 Å². The van der Waals surface area contributed by atoms with Gasteiger partial charge >= 0.3 is 0 Å². The molecule has 9 heteroatoms. The summed E-state index contributed by atoms with van der Waals surface area (Å²) >= 11 is 0. The second kappa shape index (κ2) is 6.36. The second-order valence-electron chi connectivity index (χ2n) is 5.01. The third-order valence-electron chi connectivity index (χ3n) is 3.45. The molecule has 1 aromatic carbocycles. The molecule has 3 heterocycles. The quantitative estimate of drug-likeness (QED) is 0.704. The summed E-state index contributed by atoms with van der Waals surface area (Å²) < 4.78 is 17.1. The number of aromatic amines is 1. The number of hydrogen-bond acceptors (Lipinski definition) is 6. The first-order chi connectivity index (χ1) is 11.2. The molecule has 0 amide bonds. The Morgan fingerprint density at radius 3 is 2.79 bits per heavy atom. The fourth-order valence-corrected chi connectivity index (χ4v) is 2.34. The van der Waals surface area contributed by atoms with Gasteiger partial charge in [0.05, 0.1) is 5.69 Å². The van der Waals surface area contributed by atoms with E-state index >= 15 is 0 Å². The van der Waals surface area contributed by atoms with Crippen LogP contribution in [0.3, 0.4) is 0 Å². The lowest BCUT2D eigenvalue weighted by molar-refractivity contribution is 0.174. The highest BCUT2D eigenvalue weighted by molar-refractivity contribution is 8.93. The van der Waals surface area contributed by atoms with Gasteiger partial charge in [-0.15, -0.1) is 17.0 Å². The van der Waals surface area contributed by atoms with E-state index in [1.54, 1.807) is 12.1 Å². The van der Waals surface area contributed by atoms with Crippen molar-refractivity contribution in [2.24, 2.45) is 0 Å². The van der Waals surface area contributed by atoms with E-state index in [1.165, 1.54) is 10.7 Å². The van der Waals surface area contributed by atoms with Crippen molar-refractivity contribution in [3.05, 3.63) is 58.0 Å². The Morgan fingerprint density at radius 1 is 1.17 bits per heavy atom. The van der Waals surface area contributed by atoms with Gasteiger partial charge in [0.1, 0.15) is 12.0 Å². The van der Waals surface area contributed by atoms with Gasteiger partial charge in [0, 0.05) is 11.6 Å². The smallest absolute Gasteiger partial charge is 0.280 e. The maximum absolute atomic E-state index is 11.1. The Hall–Kier alpha value is -2.81. The van der Waals surface area contributed by atoms with Crippen LogP contribution in [0.2, 0.25) is 0 Å². The van der Waals surface area contributed by atoms with Gasteiger partial charge in [0.2, 0.25) is 6.79 Å². The summed E-state index contributed by atoms with van der Waals surface area (Å²) in [5, 5.41) is 14.6. The molecule has 1 aliphatic heterocycles. The number of nitrogens with zero attached hydrogens (tertiary/aromatic N) is 2. The predicted molar refractivity (Wildman–Crippen MR) is 88.4 cm³/mol. The van der Waals surface area contributed by atoms with Crippen molar-refractivity contribution in [3.8, 4) is 22.8 Å². The van der Waals surface area contributed by atoms with Crippen LogP contribution in [0.1, 0.15) is 5.76 Å². The van der Waals surface area contributed by atoms with Gasteiger partial charge in [0.15, 0.2) is 17.3 Å². The second-order valence-corrected chi connectivity index (χ2v) is 5.01. The van der Waals surface area contributed by atoms with Crippen LogP contribution in [0.4, 0.5) is 0 Å². The van der Waals surface area contributed by atoms with Crippen molar-refractivity contribution in [2.75, 3.05) is 6.79 Å². The molecule has 0 bridgehead atoms. The van der Waals surface area contributed by atoms with Crippen LogP contribution in [-0.4, -0.2) is 21.7 Å². The summed E-state index contributed by atoms with van der Waals surface area (Å²) in [5.74, 6) is 1.78. The minimum Gasteiger partial charge on any atom is -0.454 e. The number of rotatable bonds is 3. The predicted octanol–water partition coefficient (Wildman–Crippen LogP) is 1.67. The van der Waals surface area contributed by atoms with E-state index in [-0.39, 0.29) is 41.4 Å². The Bertz CT molecular complexity index is 991. The molecule has 0 atom stereocenters. The van der Waals surface area contributed by atoms with Crippen molar-refractivity contribution < 1.29 is 14.0 Å². The molecule has 8 nitrogen and oxygen atoms in total. The fraction of sp³-hybridized carbons (Fsp3) is 0.133. The molecule has 0 saturated carbocycles. The molecular weight excluding hydrogens is 380 g/mol. The van der Waals surface area contributed by atoms with Gasteiger partial charge < -0.3 is 14.0 Å². The highest BCUT2D eigenvalue weighted by Crippen LogP contribution is 2.35. The van der Waals surface area contributed by atoms with Crippen molar-refractivity contribution in [2.45, 2.75) is 6.54 Å². The summed E-state index contributed by atoms with van der Waals surface area (Å²) in [6.45, 7) is 0.403. The van der Waals surface area contributed by atoms with Gasteiger partial charge in [-0.1, -0.05) is 0 Å². The van der Waals surface area contributed by atoms with Crippen LogP contribution < -0.4 is 20.5 Å². The number of benzene rings is 1. The van der Waals surface area contributed by atoms with Gasteiger partial charge in [-0.2, -0.15) is 10.3 Å². The van der Waals surface area contributed by atoms with Crippen LogP contribution >= 0.6 is 17.0 Å². The van der Waals surface area contributed by atoms with Crippen LogP contribution in [0.5, 0.6) is 11.5 Å². The van der Waals surface area contributed by atoms with Crippen LogP contribution in [0, 0.1) is 5.41 Å². The number of ether oxygens (including phenoxy) is 2. The molecule has 3 aromatic rings. The van der Waals surface area contributed by atoms with E-state index < -0.39 is 0 Å². The summed E-state index contributed by atoms with van der Waals surface area (Å²) in [5.41, 5.74) is 1.41. The Labute approximate surface area is 145 Å².